The molecule has 26 heavy (non-hydrogen) atoms. The molecule has 1 unspecified atom stereocenters. The van der Waals surface area contributed by atoms with Gasteiger partial charge in [0.1, 0.15) is 11.2 Å². The average Bonchev–Trinajstić information content (AvgIpc) is 2.98. The molecule has 6 rings (SSSR count). The minimum atomic E-state index is -0.614. The molecule has 2 aromatic rings. The zero-order valence-corrected chi connectivity index (χ0v) is 15.4. The molecule has 1 aromatic heterocycles. The van der Waals surface area contributed by atoms with E-state index in [1.54, 1.807) is 12.1 Å². The van der Waals surface area contributed by atoms with Crippen LogP contribution in [0.25, 0.3) is 10.9 Å². The smallest absolute Gasteiger partial charge is 0.319 e. The van der Waals surface area contributed by atoms with Crippen molar-refractivity contribution >= 4 is 16.9 Å². The number of ether oxygens (including phenoxy) is 1. The van der Waals surface area contributed by atoms with E-state index in [4.69, 9.17) is 4.74 Å². The Hall–Kier alpha value is -2.01. The van der Waals surface area contributed by atoms with Gasteiger partial charge in [-0.15, -0.1) is 0 Å². The third-order valence-electron chi connectivity index (χ3n) is 7.14. The summed E-state index contributed by atoms with van der Waals surface area (Å²) in [5.74, 6) is 1.20. The SMILES string of the molecule is CC[C@H]1C[C@@H]2CN3CCc4c([nH]c5cc(O)ccc45)[C@](C(=O)OC)(C2)[C@H]13. The number of benzene rings is 1. The van der Waals surface area contributed by atoms with Gasteiger partial charge in [-0.1, -0.05) is 13.3 Å². The second-order valence-electron chi connectivity index (χ2n) is 8.34. The standard InChI is InChI=1S/C21H26N2O3/c1-3-13-8-12-10-21(20(25)26-2)18-16(6-7-23(11-12)19(13)21)15-5-4-14(24)9-17(15)22-18/h4-5,9,12-13,19,22,24H,3,6-8,10-11H2,1-2H3/t12-,13-,19-,21+/m0/s1. The first-order valence-corrected chi connectivity index (χ1v) is 9.75. The Bertz CT molecular complexity index is 889. The van der Waals surface area contributed by atoms with Crippen LogP contribution in [0.4, 0.5) is 0 Å². The number of rotatable bonds is 2. The molecular formula is C21H26N2O3. The van der Waals surface area contributed by atoms with Gasteiger partial charge < -0.3 is 14.8 Å². The summed E-state index contributed by atoms with van der Waals surface area (Å²) in [6.45, 7) is 4.33. The largest absolute Gasteiger partial charge is 0.508 e. The minimum absolute atomic E-state index is 0.103. The van der Waals surface area contributed by atoms with Crippen molar-refractivity contribution in [1.29, 1.82) is 0 Å². The lowest BCUT2D eigenvalue weighted by Crippen LogP contribution is -2.67. The number of aromatic nitrogens is 1. The van der Waals surface area contributed by atoms with Crippen LogP contribution < -0.4 is 0 Å². The van der Waals surface area contributed by atoms with Crippen LogP contribution in [-0.4, -0.2) is 47.2 Å². The summed E-state index contributed by atoms with van der Waals surface area (Å²) in [4.78, 5) is 19.4. The third kappa shape index (κ3) is 1.92. The van der Waals surface area contributed by atoms with Gasteiger partial charge in [-0.3, -0.25) is 9.69 Å². The predicted octanol–water partition coefficient (Wildman–Crippen LogP) is 2.96. The number of phenolic OH excluding ortho intramolecular Hbond substituents is 1. The fraction of sp³-hybridized carbons (Fsp3) is 0.571. The van der Waals surface area contributed by atoms with Crippen LogP contribution in [0.15, 0.2) is 18.2 Å². The summed E-state index contributed by atoms with van der Waals surface area (Å²) in [6, 6.07) is 5.68. The monoisotopic (exact) mass is 354 g/mol. The number of nitrogens with zero attached hydrogens (tertiary/aromatic N) is 1. The van der Waals surface area contributed by atoms with Gasteiger partial charge in [-0.2, -0.15) is 0 Å². The molecule has 5 heteroatoms. The summed E-state index contributed by atoms with van der Waals surface area (Å²) in [5.41, 5.74) is 2.58. The molecular weight excluding hydrogens is 328 g/mol. The zero-order chi connectivity index (χ0) is 18.1. The molecule has 4 heterocycles. The number of hydrogen-bond donors (Lipinski definition) is 2. The van der Waals surface area contributed by atoms with Crippen molar-refractivity contribution in [3.05, 3.63) is 29.5 Å². The van der Waals surface area contributed by atoms with Crippen molar-refractivity contribution in [2.24, 2.45) is 11.8 Å². The summed E-state index contributed by atoms with van der Waals surface area (Å²) in [6.07, 6.45) is 4.10. The van der Waals surface area contributed by atoms with E-state index in [-0.39, 0.29) is 17.8 Å². The number of hydrogen-bond acceptors (Lipinski definition) is 4. The van der Waals surface area contributed by atoms with Crippen molar-refractivity contribution in [2.45, 2.75) is 44.1 Å². The van der Waals surface area contributed by atoms with E-state index in [0.717, 1.165) is 48.9 Å². The highest BCUT2D eigenvalue weighted by molar-refractivity contribution is 5.92. The van der Waals surface area contributed by atoms with E-state index in [2.05, 4.69) is 16.8 Å². The number of aromatic hydroxyl groups is 1. The first-order valence-electron chi connectivity index (χ1n) is 9.75. The molecule has 3 fully saturated rings. The molecule has 0 spiro atoms. The van der Waals surface area contributed by atoms with Crippen LogP contribution in [0.3, 0.4) is 0 Å². The minimum Gasteiger partial charge on any atom is -0.508 e. The lowest BCUT2D eigenvalue weighted by Gasteiger charge is -2.57. The number of carbonyl (C=O) groups is 1. The molecule has 0 radical (unpaired) electrons. The first kappa shape index (κ1) is 16.2. The van der Waals surface area contributed by atoms with Gasteiger partial charge in [-0.05, 0) is 48.8 Å². The Balaban J connectivity index is 1.80. The van der Waals surface area contributed by atoms with Gasteiger partial charge in [0.05, 0.1) is 7.11 Å². The highest BCUT2D eigenvalue weighted by atomic mass is 16.5. The van der Waals surface area contributed by atoms with Crippen molar-refractivity contribution in [3.63, 3.8) is 0 Å². The molecule has 4 aliphatic rings. The maximum atomic E-state index is 13.3. The molecule has 4 bridgehead atoms. The Kier molecular flexibility index (Phi) is 3.42. The van der Waals surface area contributed by atoms with Gasteiger partial charge in [0, 0.05) is 41.8 Å². The van der Waals surface area contributed by atoms with Gasteiger partial charge in [0.2, 0.25) is 0 Å². The van der Waals surface area contributed by atoms with E-state index in [1.165, 1.54) is 19.1 Å². The van der Waals surface area contributed by atoms with E-state index in [9.17, 15) is 9.90 Å². The maximum absolute atomic E-state index is 13.3. The summed E-state index contributed by atoms with van der Waals surface area (Å²) < 4.78 is 5.41. The fourth-order valence-electron chi connectivity index (χ4n) is 6.31. The van der Waals surface area contributed by atoms with Crippen LogP contribution >= 0.6 is 0 Å². The van der Waals surface area contributed by atoms with E-state index >= 15 is 0 Å². The quantitative estimate of drug-likeness (QED) is 0.814. The van der Waals surface area contributed by atoms with E-state index < -0.39 is 5.41 Å². The lowest BCUT2D eigenvalue weighted by atomic mass is 9.56. The van der Waals surface area contributed by atoms with Crippen molar-refractivity contribution in [1.82, 2.24) is 9.88 Å². The normalized spacial score (nSPS) is 35.2. The zero-order valence-electron chi connectivity index (χ0n) is 15.4. The number of aromatic amines is 1. The van der Waals surface area contributed by atoms with Crippen molar-refractivity contribution in [3.8, 4) is 5.75 Å². The molecule has 1 saturated carbocycles. The molecule has 2 N–H and O–H groups in total. The lowest BCUT2D eigenvalue weighted by molar-refractivity contribution is -0.162. The Morgan fingerprint density at radius 1 is 1.46 bits per heavy atom. The van der Waals surface area contributed by atoms with Gasteiger partial charge in [-0.25, -0.2) is 0 Å². The van der Waals surface area contributed by atoms with Crippen molar-refractivity contribution in [2.75, 3.05) is 20.2 Å². The number of H-pyrrole nitrogens is 1. The van der Waals surface area contributed by atoms with E-state index in [1.807, 2.05) is 6.07 Å². The first-order chi connectivity index (χ1) is 12.6. The second-order valence-corrected chi connectivity index (χ2v) is 8.34. The van der Waals surface area contributed by atoms with Crippen LogP contribution in [0.2, 0.25) is 0 Å². The maximum Gasteiger partial charge on any atom is 0.319 e. The molecule has 3 aliphatic heterocycles. The molecule has 138 valence electrons. The number of nitrogens with one attached hydrogen (secondary N) is 1. The van der Waals surface area contributed by atoms with Crippen LogP contribution in [-0.2, 0) is 21.4 Å². The van der Waals surface area contributed by atoms with Gasteiger partial charge >= 0.3 is 5.97 Å². The van der Waals surface area contributed by atoms with Gasteiger partial charge in [0.25, 0.3) is 0 Å². The Morgan fingerprint density at radius 3 is 3.08 bits per heavy atom. The fourth-order valence-corrected chi connectivity index (χ4v) is 6.31. The average molecular weight is 354 g/mol. The van der Waals surface area contributed by atoms with Gasteiger partial charge in [0.15, 0.2) is 0 Å². The number of piperidine rings is 2. The molecule has 5 atom stereocenters. The Labute approximate surface area is 153 Å². The number of methoxy groups -OCH3 is 1. The highest BCUT2D eigenvalue weighted by Crippen LogP contribution is 2.55. The number of fused-ring (bicyclic) bond motifs is 4. The topological polar surface area (TPSA) is 65.6 Å². The summed E-state index contributed by atoms with van der Waals surface area (Å²) in [5, 5.41) is 11.0. The van der Waals surface area contributed by atoms with Crippen LogP contribution in [0.5, 0.6) is 5.75 Å². The summed E-state index contributed by atoms with van der Waals surface area (Å²) >= 11 is 0. The summed E-state index contributed by atoms with van der Waals surface area (Å²) in [7, 11) is 1.52. The van der Waals surface area contributed by atoms with E-state index in [0.29, 0.717) is 11.8 Å². The Morgan fingerprint density at radius 2 is 2.31 bits per heavy atom. The number of carbonyl (C=O) groups excluding carboxylic acids is 1. The third-order valence-corrected chi connectivity index (χ3v) is 7.14. The predicted molar refractivity (Wildman–Crippen MR) is 99.2 cm³/mol. The highest BCUT2D eigenvalue weighted by Gasteiger charge is 2.62. The van der Waals surface area contributed by atoms with Crippen LogP contribution in [0.1, 0.15) is 37.4 Å². The second kappa shape index (κ2) is 5.49. The molecule has 2 saturated heterocycles. The number of phenols is 1. The molecule has 1 aromatic carbocycles. The van der Waals surface area contributed by atoms with Crippen molar-refractivity contribution < 1.29 is 14.6 Å². The molecule has 5 nitrogen and oxygen atoms in total. The molecule has 1 aliphatic carbocycles. The van der Waals surface area contributed by atoms with Crippen LogP contribution in [0, 0.1) is 11.8 Å². The number of esters is 1. The molecule has 0 amide bonds.